The second kappa shape index (κ2) is 7.11. The van der Waals surface area contributed by atoms with Gasteiger partial charge in [0.05, 0.1) is 20.4 Å². The summed E-state index contributed by atoms with van der Waals surface area (Å²) in [5.41, 5.74) is 0.456. The van der Waals surface area contributed by atoms with Gasteiger partial charge < -0.3 is 0 Å². The lowest BCUT2D eigenvalue weighted by Crippen LogP contribution is -2.27. The summed E-state index contributed by atoms with van der Waals surface area (Å²) in [7, 11) is -7.84. The zero-order valence-corrected chi connectivity index (χ0v) is 15.4. The monoisotopic (exact) mass is 399 g/mol. The van der Waals surface area contributed by atoms with Crippen LogP contribution in [0.3, 0.4) is 0 Å². The van der Waals surface area contributed by atoms with Crippen molar-refractivity contribution in [2.75, 3.05) is 0 Å². The number of hydrogen-bond donors (Lipinski definition) is 2. The van der Waals surface area contributed by atoms with Gasteiger partial charge in [-0.05, 0) is 42.8 Å². The number of hydrogen-bond acceptors (Lipinski definition) is 5. The van der Waals surface area contributed by atoms with Gasteiger partial charge in [-0.25, -0.2) is 26.7 Å². The Morgan fingerprint density at radius 2 is 1.80 bits per heavy atom. The number of primary sulfonamides is 1. The van der Waals surface area contributed by atoms with Crippen LogP contribution in [0.15, 0.2) is 52.3 Å². The summed E-state index contributed by atoms with van der Waals surface area (Å²) < 4.78 is 50.2. The molecule has 0 saturated heterocycles. The SMILES string of the molecule is CC(NS(=O)(=O)c1ccc(Cl)c(C#N)c1)c1cccc(S(N)(=O)=O)c1. The summed E-state index contributed by atoms with van der Waals surface area (Å²) >= 11 is 5.80. The molecular weight excluding hydrogens is 386 g/mol. The summed E-state index contributed by atoms with van der Waals surface area (Å²) in [5.74, 6) is 0. The Hall–Kier alpha value is -1.96. The van der Waals surface area contributed by atoms with Crippen LogP contribution in [0.4, 0.5) is 0 Å². The maximum absolute atomic E-state index is 12.5. The fraction of sp³-hybridized carbons (Fsp3) is 0.133. The summed E-state index contributed by atoms with van der Waals surface area (Å²) in [6.45, 7) is 1.56. The molecule has 0 amide bonds. The maximum Gasteiger partial charge on any atom is 0.241 e. The third kappa shape index (κ3) is 4.56. The molecule has 1 unspecified atom stereocenters. The Kier molecular flexibility index (Phi) is 5.51. The van der Waals surface area contributed by atoms with E-state index in [-0.39, 0.29) is 20.4 Å². The van der Waals surface area contributed by atoms with E-state index in [1.807, 2.05) is 6.07 Å². The number of nitrogens with zero attached hydrogens (tertiary/aromatic N) is 1. The molecule has 2 rings (SSSR count). The Labute approximate surface area is 151 Å². The minimum atomic E-state index is -3.95. The molecule has 10 heteroatoms. The van der Waals surface area contributed by atoms with Crippen LogP contribution in [0.5, 0.6) is 0 Å². The molecule has 0 fully saturated rings. The molecule has 2 aromatic carbocycles. The van der Waals surface area contributed by atoms with Gasteiger partial charge in [0.15, 0.2) is 0 Å². The van der Waals surface area contributed by atoms with Crippen molar-refractivity contribution in [1.29, 1.82) is 5.26 Å². The molecule has 0 heterocycles. The number of halogens is 1. The van der Waals surface area contributed by atoms with Crippen molar-refractivity contribution in [3.8, 4) is 6.07 Å². The van der Waals surface area contributed by atoms with Crippen LogP contribution in [-0.4, -0.2) is 16.8 Å². The molecule has 0 aliphatic rings. The zero-order valence-electron chi connectivity index (χ0n) is 13.0. The zero-order chi connectivity index (χ0) is 18.8. The van der Waals surface area contributed by atoms with Crippen LogP contribution in [-0.2, 0) is 20.0 Å². The van der Waals surface area contributed by atoms with Crippen molar-refractivity contribution in [2.45, 2.75) is 22.8 Å². The first-order chi connectivity index (χ1) is 11.5. The van der Waals surface area contributed by atoms with Crippen LogP contribution in [0.25, 0.3) is 0 Å². The van der Waals surface area contributed by atoms with Crippen LogP contribution < -0.4 is 9.86 Å². The molecule has 0 saturated carbocycles. The van der Waals surface area contributed by atoms with Gasteiger partial charge in [0.25, 0.3) is 0 Å². The molecule has 1 atom stereocenters. The predicted octanol–water partition coefficient (Wildman–Crippen LogP) is 1.90. The third-order valence-corrected chi connectivity index (χ3v) is 6.17. The van der Waals surface area contributed by atoms with Crippen LogP contribution in [0.2, 0.25) is 5.02 Å². The smallest absolute Gasteiger partial charge is 0.225 e. The fourth-order valence-corrected chi connectivity index (χ4v) is 4.07. The van der Waals surface area contributed by atoms with Gasteiger partial charge >= 0.3 is 0 Å². The van der Waals surface area contributed by atoms with Gasteiger partial charge in [-0.3, -0.25) is 0 Å². The Morgan fingerprint density at radius 1 is 1.12 bits per heavy atom. The molecule has 0 aliphatic carbocycles. The first-order valence-corrected chi connectivity index (χ1v) is 10.3. The van der Waals surface area contributed by atoms with E-state index >= 15 is 0 Å². The van der Waals surface area contributed by atoms with Crippen molar-refractivity contribution in [2.24, 2.45) is 5.14 Å². The van der Waals surface area contributed by atoms with E-state index in [0.29, 0.717) is 5.56 Å². The van der Waals surface area contributed by atoms with Crippen molar-refractivity contribution < 1.29 is 16.8 Å². The highest BCUT2D eigenvalue weighted by Gasteiger charge is 2.20. The average molecular weight is 400 g/mol. The molecule has 25 heavy (non-hydrogen) atoms. The number of sulfonamides is 2. The number of nitrogens with two attached hydrogens (primary N) is 1. The first-order valence-electron chi connectivity index (χ1n) is 6.89. The lowest BCUT2D eigenvalue weighted by molar-refractivity contribution is 0.566. The summed E-state index contributed by atoms with van der Waals surface area (Å²) in [4.78, 5) is -0.239. The second-order valence-corrected chi connectivity index (χ2v) is 8.90. The average Bonchev–Trinajstić information content (AvgIpc) is 2.54. The van der Waals surface area contributed by atoms with E-state index in [0.717, 1.165) is 6.07 Å². The van der Waals surface area contributed by atoms with Gasteiger partial charge in [-0.1, -0.05) is 23.7 Å². The Bertz CT molecular complexity index is 1060. The van der Waals surface area contributed by atoms with Gasteiger partial charge in [-0.2, -0.15) is 5.26 Å². The summed E-state index contributed by atoms with van der Waals surface area (Å²) in [5, 5.41) is 14.2. The summed E-state index contributed by atoms with van der Waals surface area (Å²) in [6, 6.07) is 10.5. The predicted molar refractivity (Wildman–Crippen MR) is 92.7 cm³/mol. The van der Waals surface area contributed by atoms with Crippen molar-refractivity contribution >= 4 is 31.6 Å². The molecule has 0 spiro atoms. The number of nitriles is 1. The first kappa shape index (κ1) is 19.4. The topological polar surface area (TPSA) is 130 Å². The molecule has 7 nitrogen and oxygen atoms in total. The molecule has 0 aliphatic heterocycles. The quantitative estimate of drug-likeness (QED) is 0.792. The lowest BCUT2D eigenvalue weighted by atomic mass is 10.1. The van der Waals surface area contributed by atoms with Crippen molar-refractivity contribution in [1.82, 2.24) is 4.72 Å². The number of rotatable bonds is 5. The maximum atomic E-state index is 12.5. The molecule has 2 aromatic rings. The molecular formula is C15H14ClN3O4S2. The molecule has 0 bridgehead atoms. The highest BCUT2D eigenvalue weighted by atomic mass is 35.5. The second-order valence-electron chi connectivity index (χ2n) is 5.21. The standard InChI is InChI=1S/C15H14ClN3O4S2/c1-10(11-3-2-4-13(7-11)24(18,20)21)19-25(22,23)14-5-6-15(16)12(8-14)9-17/h2-8,10,19H,1H3,(H2,18,20,21). The minimum absolute atomic E-state index is 0.0356. The van der Waals surface area contributed by atoms with E-state index in [2.05, 4.69) is 4.72 Å². The van der Waals surface area contributed by atoms with E-state index in [4.69, 9.17) is 22.0 Å². The Morgan fingerprint density at radius 3 is 2.40 bits per heavy atom. The van der Waals surface area contributed by atoms with Gasteiger partial charge in [0.2, 0.25) is 20.0 Å². The van der Waals surface area contributed by atoms with Gasteiger partial charge in [0, 0.05) is 6.04 Å². The number of nitrogens with one attached hydrogen (secondary N) is 1. The third-order valence-electron chi connectivity index (χ3n) is 3.39. The van der Waals surface area contributed by atoms with Crippen LogP contribution in [0.1, 0.15) is 24.1 Å². The highest BCUT2D eigenvalue weighted by molar-refractivity contribution is 7.89. The number of benzene rings is 2. The normalized spacial score (nSPS) is 13.2. The van der Waals surface area contributed by atoms with E-state index < -0.39 is 26.1 Å². The molecule has 0 aromatic heterocycles. The van der Waals surface area contributed by atoms with E-state index in [1.165, 1.54) is 30.3 Å². The van der Waals surface area contributed by atoms with Crippen molar-refractivity contribution in [3.63, 3.8) is 0 Å². The van der Waals surface area contributed by atoms with Crippen LogP contribution >= 0.6 is 11.6 Å². The van der Waals surface area contributed by atoms with E-state index in [1.54, 1.807) is 13.0 Å². The largest absolute Gasteiger partial charge is 0.241 e. The van der Waals surface area contributed by atoms with Gasteiger partial charge in [0.1, 0.15) is 6.07 Å². The van der Waals surface area contributed by atoms with E-state index in [9.17, 15) is 16.8 Å². The Balaban J connectivity index is 2.34. The molecule has 132 valence electrons. The fourth-order valence-electron chi connectivity index (χ4n) is 2.09. The molecule has 3 N–H and O–H groups in total. The molecule has 0 radical (unpaired) electrons. The minimum Gasteiger partial charge on any atom is -0.225 e. The summed E-state index contributed by atoms with van der Waals surface area (Å²) in [6.07, 6.45) is 0. The lowest BCUT2D eigenvalue weighted by Gasteiger charge is -2.15. The van der Waals surface area contributed by atoms with Gasteiger partial charge in [-0.15, -0.1) is 0 Å². The van der Waals surface area contributed by atoms with Crippen molar-refractivity contribution in [3.05, 3.63) is 58.6 Å². The highest BCUT2D eigenvalue weighted by Crippen LogP contribution is 2.22. The van der Waals surface area contributed by atoms with Crippen LogP contribution in [0, 0.1) is 11.3 Å².